The third-order valence-electron chi connectivity index (χ3n) is 1.93. The van der Waals surface area contributed by atoms with Crippen molar-refractivity contribution in [2.45, 2.75) is 6.42 Å². The van der Waals surface area contributed by atoms with Gasteiger partial charge < -0.3 is 5.32 Å². The molecule has 1 aromatic carbocycles. The van der Waals surface area contributed by atoms with Crippen LogP contribution in [0.3, 0.4) is 0 Å². The number of benzene rings is 1. The number of nitrogens with one attached hydrogen (secondary N) is 1. The van der Waals surface area contributed by atoms with Crippen LogP contribution in [-0.2, 0) is 11.2 Å². The van der Waals surface area contributed by atoms with E-state index in [9.17, 15) is 4.79 Å². The van der Waals surface area contributed by atoms with E-state index in [4.69, 9.17) is 0 Å². The number of rotatable bonds is 3. The number of halogens is 1. The van der Waals surface area contributed by atoms with Gasteiger partial charge in [0.25, 0.3) is 0 Å². The summed E-state index contributed by atoms with van der Waals surface area (Å²) in [5.41, 5.74) is 3.31. The van der Waals surface area contributed by atoms with Crippen LogP contribution in [0.4, 0.5) is 5.69 Å². The minimum atomic E-state index is -0.0519. The fraction of sp³-hybridized carbons (Fsp3) is 0.0909. The minimum absolute atomic E-state index is 0.0519. The Kier molecular flexibility index (Phi) is 3.69. The smallest absolute Gasteiger partial charge is 0.230 e. The van der Waals surface area contributed by atoms with Crippen LogP contribution in [0, 0.1) is 0 Å². The van der Waals surface area contributed by atoms with Crippen molar-refractivity contribution in [2.24, 2.45) is 0 Å². The van der Waals surface area contributed by atoms with Crippen molar-refractivity contribution in [1.82, 2.24) is 4.98 Å². The van der Waals surface area contributed by atoms with E-state index in [1.807, 2.05) is 29.6 Å². The number of hydrogen-bond donors (Lipinski definition) is 1. The van der Waals surface area contributed by atoms with E-state index >= 15 is 0 Å². The van der Waals surface area contributed by atoms with Crippen LogP contribution in [0.5, 0.6) is 0 Å². The van der Waals surface area contributed by atoms with E-state index in [0.29, 0.717) is 6.42 Å². The molecule has 82 valence electrons. The molecule has 0 aliphatic rings. The van der Waals surface area contributed by atoms with Gasteiger partial charge >= 0.3 is 0 Å². The largest absolute Gasteiger partial charge is 0.326 e. The summed E-state index contributed by atoms with van der Waals surface area (Å²) in [6.45, 7) is 0. The summed E-state index contributed by atoms with van der Waals surface area (Å²) in [6.07, 6.45) is 0.315. The molecule has 0 atom stereocenters. The molecule has 0 aliphatic heterocycles. The van der Waals surface area contributed by atoms with Gasteiger partial charge in [0, 0.05) is 15.5 Å². The van der Waals surface area contributed by atoms with Crippen molar-refractivity contribution in [3.05, 3.63) is 45.3 Å². The second-order valence-electron chi connectivity index (χ2n) is 3.22. The molecule has 0 saturated carbocycles. The van der Waals surface area contributed by atoms with E-state index in [1.165, 1.54) is 11.3 Å². The molecule has 1 amide bonds. The van der Waals surface area contributed by atoms with Crippen molar-refractivity contribution in [3.63, 3.8) is 0 Å². The summed E-state index contributed by atoms with van der Waals surface area (Å²) >= 11 is 4.84. The first-order valence-electron chi connectivity index (χ1n) is 4.66. The Hall–Kier alpha value is -1.20. The summed E-state index contributed by atoms with van der Waals surface area (Å²) in [5.74, 6) is -0.0519. The number of thiazole rings is 1. The van der Waals surface area contributed by atoms with Crippen molar-refractivity contribution in [3.8, 4) is 0 Å². The monoisotopic (exact) mass is 296 g/mol. The van der Waals surface area contributed by atoms with Crippen molar-refractivity contribution in [1.29, 1.82) is 0 Å². The zero-order chi connectivity index (χ0) is 11.4. The van der Waals surface area contributed by atoms with Crippen LogP contribution in [0.25, 0.3) is 0 Å². The number of carbonyl (C=O) groups is 1. The number of nitrogens with zero attached hydrogens (tertiary/aromatic N) is 1. The van der Waals surface area contributed by atoms with Crippen molar-refractivity contribution in [2.75, 3.05) is 5.32 Å². The lowest BCUT2D eigenvalue weighted by Gasteiger charge is -2.03. The molecular formula is C11H9BrN2OS. The summed E-state index contributed by atoms with van der Waals surface area (Å²) in [6, 6.07) is 7.50. The number of aromatic nitrogens is 1. The molecule has 0 fully saturated rings. The van der Waals surface area contributed by atoms with Crippen LogP contribution in [0.15, 0.2) is 39.6 Å². The minimum Gasteiger partial charge on any atom is -0.326 e. The van der Waals surface area contributed by atoms with Crippen LogP contribution in [-0.4, -0.2) is 10.9 Å². The molecule has 1 N–H and O–H groups in total. The van der Waals surface area contributed by atoms with E-state index in [-0.39, 0.29) is 5.91 Å². The highest BCUT2D eigenvalue weighted by Gasteiger charge is 2.05. The molecule has 0 spiro atoms. The molecule has 0 aliphatic carbocycles. The van der Waals surface area contributed by atoms with Gasteiger partial charge in [0.1, 0.15) is 0 Å². The lowest BCUT2D eigenvalue weighted by atomic mass is 10.3. The van der Waals surface area contributed by atoms with Crippen LogP contribution < -0.4 is 5.32 Å². The Labute approximate surface area is 106 Å². The van der Waals surface area contributed by atoms with Gasteiger partial charge in [-0.25, -0.2) is 4.98 Å². The quantitative estimate of drug-likeness (QED) is 0.946. The van der Waals surface area contributed by atoms with Crippen LogP contribution >= 0.6 is 27.3 Å². The van der Waals surface area contributed by atoms with Crippen molar-refractivity contribution < 1.29 is 4.79 Å². The zero-order valence-corrected chi connectivity index (χ0v) is 10.7. The molecule has 1 heterocycles. The summed E-state index contributed by atoms with van der Waals surface area (Å²) in [4.78, 5) is 15.7. The first-order chi connectivity index (χ1) is 7.74. The van der Waals surface area contributed by atoms with Gasteiger partial charge in [0.2, 0.25) is 5.91 Å². The lowest BCUT2D eigenvalue weighted by molar-refractivity contribution is -0.115. The first kappa shape index (κ1) is 11.3. The Balaban J connectivity index is 1.97. The molecule has 2 rings (SSSR count). The van der Waals surface area contributed by atoms with E-state index in [1.54, 1.807) is 5.51 Å². The number of anilines is 1. The third kappa shape index (κ3) is 3.15. The zero-order valence-electron chi connectivity index (χ0n) is 8.31. The normalized spacial score (nSPS) is 10.1. The van der Waals surface area contributed by atoms with Gasteiger partial charge in [-0.05, 0) is 18.2 Å². The van der Waals surface area contributed by atoms with E-state index in [2.05, 4.69) is 26.2 Å². The highest BCUT2D eigenvalue weighted by atomic mass is 79.9. The standard InChI is InChI=1S/C11H9BrN2OS/c12-8-2-1-3-9(4-8)14-11(15)5-10-6-16-7-13-10/h1-4,6-7H,5H2,(H,14,15). The number of hydrogen-bond acceptors (Lipinski definition) is 3. The molecule has 0 radical (unpaired) electrons. The molecule has 0 unspecified atom stereocenters. The average molecular weight is 297 g/mol. The number of carbonyl (C=O) groups excluding carboxylic acids is 1. The molecule has 16 heavy (non-hydrogen) atoms. The van der Waals surface area contributed by atoms with Gasteiger partial charge in [0.05, 0.1) is 17.6 Å². The second-order valence-corrected chi connectivity index (χ2v) is 4.85. The summed E-state index contributed by atoms with van der Waals surface area (Å²) in [7, 11) is 0. The first-order valence-corrected chi connectivity index (χ1v) is 6.40. The van der Waals surface area contributed by atoms with Gasteiger partial charge in [-0.3, -0.25) is 4.79 Å². The lowest BCUT2D eigenvalue weighted by Crippen LogP contribution is -2.14. The molecule has 2 aromatic rings. The third-order valence-corrected chi connectivity index (χ3v) is 3.06. The van der Waals surface area contributed by atoms with E-state index < -0.39 is 0 Å². The summed E-state index contributed by atoms with van der Waals surface area (Å²) in [5, 5.41) is 4.69. The molecule has 0 bridgehead atoms. The van der Waals surface area contributed by atoms with Crippen molar-refractivity contribution >= 4 is 38.9 Å². The summed E-state index contributed by atoms with van der Waals surface area (Å²) < 4.78 is 0.943. The number of amides is 1. The second kappa shape index (κ2) is 5.23. The van der Waals surface area contributed by atoms with Gasteiger partial charge in [0.15, 0.2) is 0 Å². The highest BCUT2D eigenvalue weighted by molar-refractivity contribution is 9.10. The average Bonchev–Trinajstić information content (AvgIpc) is 2.70. The van der Waals surface area contributed by atoms with Gasteiger partial charge in [-0.1, -0.05) is 22.0 Å². The van der Waals surface area contributed by atoms with Crippen LogP contribution in [0.2, 0.25) is 0 Å². The molecule has 5 heteroatoms. The Bertz CT molecular complexity index is 484. The predicted molar refractivity (Wildman–Crippen MR) is 68.6 cm³/mol. The maximum Gasteiger partial charge on any atom is 0.230 e. The van der Waals surface area contributed by atoms with Crippen LogP contribution in [0.1, 0.15) is 5.69 Å². The fourth-order valence-electron chi connectivity index (χ4n) is 1.26. The SMILES string of the molecule is O=C(Cc1cscn1)Nc1cccc(Br)c1. The Morgan fingerprint density at radius 3 is 3.06 bits per heavy atom. The topological polar surface area (TPSA) is 42.0 Å². The Morgan fingerprint density at radius 1 is 1.50 bits per heavy atom. The highest BCUT2D eigenvalue weighted by Crippen LogP contribution is 2.15. The molecule has 1 aromatic heterocycles. The fourth-order valence-corrected chi connectivity index (χ4v) is 2.22. The Morgan fingerprint density at radius 2 is 2.38 bits per heavy atom. The molecule has 0 saturated heterocycles. The molecular weight excluding hydrogens is 288 g/mol. The van der Waals surface area contributed by atoms with E-state index in [0.717, 1.165) is 15.9 Å². The predicted octanol–water partition coefficient (Wildman–Crippen LogP) is 3.09. The van der Waals surface area contributed by atoms with Gasteiger partial charge in [-0.2, -0.15) is 0 Å². The van der Waals surface area contributed by atoms with Gasteiger partial charge in [-0.15, -0.1) is 11.3 Å². The molecule has 3 nitrogen and oxygen atoms in total. The maximum absolute atomic E-state index is 11.6. The maximum atomic E-state index is 11.6.